The van der Waals surface area contributed by atoms with Gasteiger partial charge in [-0.05, 0) is 25.1 Å². The molecule has 9 nitrogen and oxygen atoms in total. The van der Waals surface area contributed by atoms with Gasteiger partial charge in [0.2, 0.25) is 0 Å². The van der Waals surface area contributed by atoms with E-state index < -0.39 is 10.7 Å². The van der Waals surface area contributed by atoms with Gasteiger partial charge < -0.3 is 23.9 Å². The van der Waals surface area contributed by atoms with Gasteiger partial charge in [-0.15, -0.1) is 0 Å². The minimum absolute atomic E-state index is 0.201. The summed E-state index contributed by atoms with van der Waals surface area (Å²) in [6, 6.07) is 5.61. The van der Waals surface area contributed by atoms with Crippen molar-refractivity contribution in [2.45, 2.75) is 13.0 Å². The lowest BCUT2D eigenvalue weighted by molar-refractivity contribution is -0.384. The van der Waals surface area contributed by atoms with Gasteiger partial charge in [0.1, 0.15) is 5.69 Å². The molecule has 4 rings (SSSR count). The third-order valence-corrected chi connectivity index (χ3v) is 5.55. The van der Waals surface area contributed by atoms with Crippen molar-refractivity contribution in [3.05, 3.63) is 52.2 Å². The summed E-state index contributed by atoms with van der Waals surface area (Å²) in [6.45, 7) is 5.05. The highest BCUT2D eigenvalue weighted by Gasteiger charge is 2.33. The van der Waals surface area contributed by atoms with E-state index in [1.807, 2.05) is 16.7 Å². The number of hydrogen-bond donors (Lipinski definition) is 0. The maximum atomic E-state index is 14.7. The number of anilines is 2. The normalized spacial score (nSPS) is 19.8. The van der Waals surface area contributed by atoms with E-state index in [4.69, 9.17) is 9.15 Å². The molecule has 1 aromatic heterocycles. The number of amides is 1. The number of piperazine rings is 1. The van der Waals surface area contributed by atoms with Crippen molar-refractivity contribution in [2.24, 2.45) is 0 Å². The quantitative estimate of drug-likeness (QED) is 0.556. The van der Waals surface area contributed by atoms with Crippen LogP contribution in [0.3, 0.4) is 0 Å². The Balaban J connectivity index is 1.60. The summed E-state index contributed by atoms with van der Waals surface area (Å²) in [7, 11) is 0. The molecule has 1 aromatic carbocycles. The molecule has 2 aliphatic rings. The summed E-state index contributed by atoms with van der Waals surface area (Å²) in [4.78, 5) is 29.1. The average molecular weight is 418 g/mol. The maximum absolute atomic E-state index is 14.7. The summed E-state index contributed by atoms with van der Waals surface area (Å²) in [5.74, 6) is -0.570. The van der Waals surface area contributed by atoms with Crippen molar-refractivity contribution in [3.63, 3.8) is 0 Å². The number of hydrogen-bond acceptors (Lipinski definition) is 7. The molecule has 2 saturated heterocycles. The molecule has 3 heterocycles. The summed E-state index contributed by atoms with van der Waals surface area (Å²) in [6.07, 6.45) is 1.45. The maximum Gasteiger partial charge on any atom is 0.295 e. The number of benzene rings is 1. The van der Waals surface area contributed by atoms with E-state index in [1.54, 1.807) is 23.1 Å². The summed E-state index contributed by atoms with van der Waals surface area (Å²) < 4.78 is 25.2. The van der Waals surface area contributed by atoms with Crippen LogP contribution in [0.1, 0.15) is 17.5 Å². The van der Waals surface area contributed by atoms with Gasteiger partial charge in [-0.25, -0.2) is 4.39 Å². The van der Waals surface area contributed by atoms with Crippen LogP contribution in [0.4, 0.5) is 21.5 Å². The number of nitro groups is 1. The fourth-order valence-electron chi connectivity index (χ4n) is 4.01. The first-order chi connectivity index (χ1) is 14.5. The first kappa shape index (κ1) is 20.1. The first-order valence-corrected chi connectivity index (χ1v) is 9.85. The Morgan fingerprint density at radius 3 is 2.57 bits per heavy atom. The van der Waals surface area contributed by atoms with Crippen LogP contribution < -0.4 is 9.80 Å². The Kier molecular flexibility index (Phi) is 5.58. The van der Waals surface area contributed by atoms with Crippen LogP contribution in [-0.4, -0.2) is 67.7 Å². The first-order valence-electron chi connectivity index (χ1n) is 9.85. The lowest BCUT2D eigenvalue weighted by atomic mass is 10.1. The number of carbonyl (C=O) groups is 1. The van der Waals surface area contributed by atoms with Gasteiger partial charge >= 0.3 is 0 Å². The lowest BCUT2D eigenvalue weighted by Crippen LogP contribution is -2.54. The zero-order valence-electron chi connectivity index (χ0n) is 16.6. The highest BCUT2D eigenvalue weighted by atomic mass is 19.1. The molecule has 0 bridgehead atoms. The molecule has 0 aliphatic carbocycles. The molecule has 2 fully saturated rings. The van der Waals surface area contributed by atoms with Gasteiger partial charge in [0.15, 0.2) is 11.6 Å². The van der Waals surface area contributed by atoms with Crippen LogP contribution in [0.2, 0.25) is 0 Å². The molecule has 30 heavy (non-hydrogen) atoms. The van der Waals surface area contributed by atoms with E-state index in [0.29, 0.717) is 57.3 Å². The Hall–Kier alpha value is -3.14. The molecular formula is C20H23FN4O5. The predicted molar refractivity (Wildman–Crippen MR) is 108 cm³/mol. The van der Waals surface area contributed by atoms with E-state index in [9.17, 15) is 19.3 Å². The third kappa shape index (κ3) is 3.82. The molecule has 1 amide bonds. The zero-order valence-corrected chi connectivity index (χ0v) is 16.6. The van der Waals surface area contributed by atoms with Crippen LogP contribution in [0.25, 0.3) is 0 Å². The molecule has 2 aromatic rings. The molecule has 0 radical (unpaired) electrons. The van der Waals surface area contributed by atoms with Crippen molar-refractivity contribution in [1.82, 2.24) is 4.90 Å². The van der Waals surface area contributed by atoms with Gasteiger partial charge in [-0.2, -0.15) is 0 Å². The smallest absolute Gasteiger partial charge is 0.295 e. The molecule has 2 aliphatic heterocycles. The number of morpholine rings is 1. The molecular weight excluding hydrogens is 395 g/mol. The second-order valence-electron chi connectivity index (χ2n) is 7.42. The third-order valence-electron chi connectivity index (χ3n) is 5.55. The van der Waals surface area contributed by atoms with Crippen molar-refractivity contribution >= 4 is 23.0 Å². The molecule has 10 heteroatoms. The largest absolute Gasteiger partial charge is 0.459 e. The molecule has 160 valence electrons. The number of ether oxygens (including phenoxy) is 1. The Bertz CT molecular complexity index is 930. The number of rotatable bonds is 4. The number of furan rings is 1. The number of carbonyl (C=O) groups excluding carboxylic acids is 1. The standard InChI is InChI=1S/C20H23FN4O5/c1-14-13-23(4-5-24(14)20(26)19-3-2-8-30-19)17-12-16(22-6-9-29-10-7-22)15(21)11-18(17)25(27)28/h2-3,8,11-12,14H,4-7,9-10,13H2,1H3/t14-/m1/s1. The van der Waals surface area contributed by atoms with Gasteiger partial charge in [-0.3, -0.25) is 14.9 Å². The minimum Gasteiger partial charge on any atom is -0.459 e. The fraction of sp³-hybridized carbons (Fsp3) is 0.450. The summed E-state index contributed by atoms with van der Waals surface area (Å²) in [5, 5.41) is 11.6. The van der Waals surface area contributed by atoms with E-state index in [1.165, 1.54) is 6.26 Å². The number of nitrogens with zero attached hydrogens (tertiary/aromatic N) is 4. The van der Waals surface area contributed by atoms with Crippen LogP contribution >= 0.6 is 0 Å². The number of halogens is 1. The van der Waals surface area contributed by atoms with Crippen LogP contribution in [0.5, 0.6) is 0 Å². The van der Waals surface area contributed by atoms with Crippen molar-refractivity contribution in [3.8, 4) is 0 Å². The zero-order chi connectivity index (χ0) is 21.3. The average Bonchev–Trinajstić information content (AvgIpc) is 3.28. The Morgan fingerprint density at radius 1 is 1.17 bits per heavy atom. The van der Waals surface area contributed by atoms with E-state index in [0.717, 1.165) is 6.07 Å². The Morgan fingerprint density at radius 2 is 1.93 bits per heavy atom. The highest BCUT2D eigenvalue weighted by molar-refractivity contribution is 5.92. The predicted octanol–water partition coefficient (Wildman–Crippen LogP) is 2.51. The summed E-state index contributed by atoms with van der Waals surface area (Å²) >= 11 is 0. The van der Waals surface area contributed by atoms with Crippen molar-refractivity contribution in [2.75, 3.05) is 55.7 Å². The van der Waals surface area contributed by atoms with Crippen molar-refractivity contribution in [1.29, 1.82) is 0 Å². The monoisotopic (exact) mass is 418 g/mol. The van der Waals surface area contributed by atoms with Gasteiger partial charge in [0.05, 0.1) is 36.2 Å². The molecule has 0 N–H and O–H groups in total. The fourth-order valence-corrected chi connectivity index (χ4v) is 4.01. The second-order valence-corrected chi connectivity index (χ2v) is 7.42. The van der Waals surface area contributed by atoms with Crippen LogP contribution in [0.15, 0.2) is 34.9 Å². The SMILES string of the molecule is C[C@@H]1CN(c2cc(N3CCOCC3)c(F)cc2[N+](=O)[O-])CCN1C(=O)c1ccco1. The van der Waals surface area contributed by atoms with E-state index in [-0.39, 0.29) is 23.4 Å². The topological polar surface area (TPSA) is 92.3 Å². The molecule has 0 spiro atoms. The van der Waals surface area contributed by atoms with Crippen LogP contribution in [-0.2, 0) is 4.74 Å². The van der Waals surface area contributed by atoms with E-state index >= 15 is 0 Å². The van der Waals surface area contributed by atoms with Gasteiger partial charge in [0.25, 0.3) is 11.6 Å². The molecule has 0 saturated carbocycles. The lowest BCUT2D eigenvalue weighted by Gasteiger charge is -2.40. The Labute approximate surface area is 172 Å². The van der Waals surface area contributed by atoms with Crippen molar-refractivity contribution < 1.29 is 23.3 Å². The second kappa shape index (κ2) is 8.31. The van der Waals surface area contributed by atoms with Crippen LogP contribution in [0, 0.1) is 15.9 Å². The van der Waals surface area contributed by atoms with Gasteiger partial charge in [0, 0.05) is 38.8 Å². The summed E-state index contributed by atoms with van der Waals surface area (Å²) in [5.41, 5.74) is 0.419. The van der Waals surface area contributed by atoms with Gasteiger partial charge in [-0.1, -0.05) is 0 Å². The number of nitro benzene ring substituents is 1. The molecule has 0 unspecified atom stereocenters. The minimum atomic E-state index is -0.618. The highest BCUT2D eigenvalue weighted by Crippen LogP contribution is 2.36. The molecule has 1 atom stereocenters. The van der Waals surface area contributed by atoms with E-state index in [2.05, 4.69) is 0 Å².